The predicted octanol–water partition coefficient (Wildman–Crippen LogP) is 4.01. The molecule has 0 spiro atoms. The van der Waals surface area contributed by atoms with Gasteiger partial charge in [-0.1, -0.05) is 18.2 Å². The zero-order valence-electron chi connectivity index (χ0n) is 19.0. The van der Waals surface area contributed by atoms with E-state index in [1.165, 1.54) is 37.5 Å². The van der Waals surface area contributed by atoms with Crippen molar-refractivity contribution < 1.29 is 27.2 Å². The maximum absolute atomic E-state index is 15.3. The average molecular weight is 500 g/mol. The summed E-state index contributed by atoms with van der Waals surface area (Å²) < 4.78 is 55.3. The molecule has 1 aromatic carbocycles. The van der Waals surface area contributed by atoms with Gasteiger partial charge in [-0.05, 0) is 12.1 Å². The van der Waals surface area contributed by atoms with E-state index < -0.39 is 28.9 Å². The fourth-order valence-corrected chi connectivity index (χ4v) is 4.27. The summed E-state index contributed by atoms with van der Waals surface area (Å²) >= 11 is 0. The van der Waals surface area contributed by atoms with Gasteiger partial charge in [0.05, 0.1) is 17.5 Å². The maximum atomic E-state index is 15.3. The first-order chi connectivity index (χ1) is 17.1. The Hall–Kier alpha value is -4.22. The number of hydrogen-bond acceptors (Lipinski definition) is 5. The van der Waals surface area contributed by atoms with Crippen molar-refractivity contribution in [1.82, 2.24) is 24.8 Å². The van der Waals surface area contributed by atoms with Crippen molar-refractivity contribution in [2.45, 2.75) is 13.1 Å². The minimum absolute atomic E-state index is 0.00443. The number of aromatic amines is 2. The number of amides is 1. The summed E-state index contributed by atoms with van der Waals surface area (Å²) in [4.78, 5) is 42.0. The van der Waals surface area contributed by atoms with Crippen LogP contribution in [0.3, 0.4) is 0 Å². The number of aromatic nitrogens is 4. The number of rotatable bonds is 4. The van der Waals surface area contributed by atoms with Crippen molar-refractivity contribution in [3.63, 3.8) is 0 Å². The van der Waals surface area contributed by atoms with Gasteiger partial charge in [0.25, 0.3) is 0 Å². The molecule has 36 heavy (non-hydrogen) atoms. The number of nitrogens with one attached hydrogen (secondary N) is 2. The van der Waals surface area contributed by atoms with E-state index >= 15 is 4.39 Å². The van der Waals surface area contributed by atoms with Crippen molar-refractivity contribution in [2.75, 3.05) is 31.1 Å². The molecule has 4 heterocycles. The zero-order valence-corrected chi connectivity index (χ0v) is 19.0. The number of imidazole rings is 1. The summed E-state index contributed by atoms with van der Waals surface area (Å²) in [5, 5.41) is 0. The second-order valence-electron chi connectivity index (χ2n) is 8.41. The first-order valence-corrected chi connectivity index (χ1v) is 11.1. The van der Waals surface area contributed by atoms with Gasteiger partial charge in [0.2, 0.25) is 5.91 Å². The second kappa shape index (κ2) is 8.77. The van der Waals surface area contributed by atoms with Crippen LogP contribution < -0.4 is 4.90 Å². The van der Waals surface area contributed by atoms with E-state index in [0.29, 0.717) is 31.9 Å². The average Bonchev–Trinajstić information content (AvgIpc) is 3.51. The third-order valence-electron chi connectivity index (χ3n) is 6.16. The van der Waals surface area contributed by atoms with Crippen LogP contribution in [0.1, 0.15) is 28.4 Å². The van der Waals surface area contributed by atoms with Crippen LogP contribution in [0.25, 0.3) is 22.6 Å². The van der Waals surface area contributed by atoms with Crippen LogP contribution in [0, 0.1) is 5.82 Å². The highest BCUT2D eigenvalue weighted by molar-refractivity contribution is 6.10. The number of fused-ring (bicyclic) bond motifs is 1. The largest absolute Gasteiger partial charge is 0.417 e. The van der Waals surface area contributed by atoms with Crippen molar-refractivity contribution >= 4 is 28.5 Å². The fraction of sp³-hybridized carbons (Fsp3) is 0.250. The molecular formula is C24H20F4N6O2. The molecule has 0 atom stereocenters. The zero-order chi connectivity index (χ0) is 25.6. The summed E-state index contributed by atoms with van der Waals surface area (Å²) in [5.74, 6) is -1.12. The van der Waals surface area contributed by atoms with Gasteiger partial charge in [-0.3, -0.25) is 9.59 Å². The Morgan fingerprint density at radius 2 is 1.81 bits per heavy atom. The predicted molar refractivity (Wildman–Crippen MR) is 123 cm³/mol. The Kier molecular flexibility index (Phi) is 5.73. The number of halogens is 4. The van der Waals surface area contributed by atoms with E-state index in [9.17, 15) is 22.8 Å². The molecule has 1 fully saturated rings. The lowest BCUT2D eigenvalue weighted by Gasteiger charge is -2.34. The molecule has 8 nitrogen and oxygen atoms in total. The molecule has 0 unspecified atom stereocenters. The van der Waals surface area contributed by atoms with E-state index in [2.05, 4.69) is 19.9 Å². The lowest BCUT2D eigenvalue weighted by Crippen LogP contribution is -2.48. The van der Waals surface area contributed by atoms with Gasteiger partial charge < -0.3 is 19.8 Å². The Morgan fingerprint density at radius 1 is 1.08 bits per heavy atom. The highest BCUT2D eigenvalue weighted by Crippen LogP contribution is 2.33. The molecular weight excluding hydrogens is 480 g/mol. The molecule has 1 aliphatic heterocycles. The van der Waals surface area contributed by atoms with Crippen molar-refractivity contribution in [2.24, 2.45) is 0 Å². The van der Waals surface area contributed by atoms with Crippen molar-refractivity contribution in [3.8, 4) is 11.5 Å². The molecule has 0 saturated carbocycles. The van der Waals surface area contributed by atoms with Crippen molar-refractivity contribution in [1.29, 1.82) is 0 Å². The van der Waals surface area contributed by atoms with E-state index in [1.54, 1.807) is 9.80 Å². The number of piperazine rings is 1. The summed E-state index contributed by atoms with van der Waals surface area (Å²) in [6.07, 6.45) is -1.97. The molecule has 1 amide bonds. The van der Waals surface area contributed by atoms with Crippen LogP contribution in [0.4, 0.5) is 23.4 Å². The smallest absolute Gasteiger partial charge is 0.358 e. The number of alkyl halides is 3. The first-order valence-electron chi connectivity index (χ1n) is 11.1. The maximum Gasteiger partial charge on any atom is 0.417 e. The van der Waals surface area contributed by atoms with Crippen LogP contribution in [0.15, 0.2) is 42.7 Å². The number of carbonyl (C=O) groups excluding carboxylic acids is 2. The minimum Gasteiger partial charge on any atom is -0.358 e. The molecule has 0 radical (unpaired) electrons. The molecule has 0 aliphatic carbocycles. The summed E-state index contributed by atoms with van der Waals surface area (Å²) in [6.45, 7) is 3.26. The number of anilines is 1. The molecule has 12 heteroatoms. The second-order valence-corrected chi connectivity index (χ2v) is 8.41. The number of carbonyl (C=O) groups is 2. The molecule has 186 valence electrons. The number of H-pyrrole nitrogens is 2. The summed E-state index contributed by atoms with van der Waals surface area (Å²) in [7, 11) is 0. The number of pyridine rings is 1. The normalized spacial score (nSPS) is 14.5. The molecule has 0 bridgehead atoms. The van der Waals surface area contributed by atoms with E-state index in [-0.39, 0.29) is 34.1 Å². The number of hydrogen-bond donors (Lipinski definition) is 2. The van der Waals surface area contributed by atoms with E-state index in [4.69, 9.17) is 0 Å². The first kappa shape index (κ1) is 23.5. The summed E-state index contributed by atoms with van der Waals surface area (Å²) in [6, 6.07) is 5.92. The topological polar surface area (TPSA) is 98.0 Å². The molecule has 1 aliphatic rings. The quantitative estimate of drug-likeness (QED) is 0.326. The molecule has 5 rings (SSSR count). The highest BCUT2D eigenvalue weighted by atomic mass is 19.4. The minimum atomic E-state index is -4.68. The van der Waals surface area contributed by atoms with Crippen LogP contribution in [-0.2, 0) is 11.0 Å². The van der Waals surface area contributed by atoms with E-state index in [0.717, 1.165) is 12.1 Å². The fourth-order valence-electron chi connectivity index (χ4n) is 4.27. The van der Waals surface area contributed by atoms with Gasteiger partial charge >= 0.3 is 6.18 Å². The SMILES string of the molecule is CC(=O)N1CCN(c2ncc3nc(-c4cc(C(=O)c5ccccc5C(F)(F)F)c[nH]4)[nH]c3c2F)CC1. The van der Waals surface area contributed by atoms with E-state index in [1.807, 2.05) is 0 Å². The Labute approximate surface area is 202 Å². The number of ketones is 1. The molecule has 1 saturated heterocycles. The van der Waals surface area contributed by atoms with Gasteiger partial charge in [-0.2, -0.15) is 13.2 Å². The lowest BCUT2D eigenvalue weighted by atomic mass is 9.99. The lowest BCUT2D eigenvalue weighted by molar-refractivity contribution is -0.138. The van der Waals surface area contributed by atoms with Crippen LogP contribution in [0.2, 0.25) is 0 Å². The number of benzene rings is 1. The Bertz CT molecular complexity index is 1470. The van der Waals surface area contributed by atoms with Gasteiger partial charge in [0, 0.05) is 50.4 Å². The number of nitrogens with zero attached hydrogens (tertiary/aromatic N) is 4. The molecule has 3 aromatic heterocycles. The van der Waals surface area contributed by atoms with Gasteiger partial charge in [0.1, 0.15) is 11.0 Å². The van der Waals surface area contributed by atoms with Gasteiger partial charge in [-0.15, -0.1) is 0 Å². The van der Waals surface area contributed by atoms with Crippen LogP contribution in [0.5, 0.6) is 0 Å². The highest BCUT2D eigenvalue weighted by Gasteiger charge is 2.35. The molecule has 2 N–H and O–H groups in total. The van der Waals surface area contributed by atoms with Crippen molar-refractivity contribution in [3.05, 3.63) is 65.2 Å². The standard InChI is InChI=1S/C24H20F4N6O2/c1-13(35)33-6-8-34(9-7-33)23-19(25)20-18(12-30-23)31-22(32-20)17-10-14(11-29-17)21(36)15-4-2-3-5-16(15)24(26,27)28/h2-5,10-12,29H,6-9H2,1H3,(H,31,32). The summed E-state index contributed by atoms with van der Waals surface area (Å²) in [5.41, 5.74) is -0.830. The third kappa shape index (κ3) is 4.18. The van der Waals surface area contributed by atoms with Gasteiger partial charge in [-0.25, -0.2) is 14.4 Å². The van der Waals surface area contributed by atoms with Crippen LogP contribution in [-0.4, -0.2) is 62.7 Å². The van der Waals surface area contributed by atoms with Crippen LogP contribution >= 0.6 is 0 Å². The Balaban J connectivity index is 1.42. The monoisotopic (exact) mass is 500 g/mol. The molecule has 4 aromatic rings. The Morgan fingerprint density at radius 3 is 2.50 bits per heavy atom. The third-order valence-corrected chi connectivity index (χ3v) is 6.16. The van der Waals surface area contributed by atoms with Gasteiger partial charge in [0.15, 0.2) is 23.2 Å².